The van der Waals surface area contributed by atoms with Crippen LogP contribution in [-0.4, -0.2) is 80.4 Å². The highest BCUT2D eigenvalue weighted by Gasteiger charge is 2.54. The van der Waals surface area contributed by atoms with Gasteiger partial charge in [-0.1, -0.05) is 47.0 Å². The van der Waals surface area contributed by atoms with E-state index in [-0.39, 0.29) is 28.4 Å². The van der Waals surface area contributed by atoms with Crippen LogP contribution in [-0.2, 0) is 19.5 Å². The van der Waals surface area contributed by atoms with Crippen LogP contribution in [0.15, 0.2) is 60.8 Å². The molecule has 3 aliphatic rings. The topological polar surface area (TPSA) is 96.8 Å². The van der Waals surface area contributed by atoms with Crippen LogP contribution in [0.2, 0.25) is 5.15 Å². The zero-order valence-corrected chi connectivity index (χ0v) is 28.8. The standard InChI is InChI=1S/C36H36ClF4N7O3/c1-22(2)48(21-36(39,40)41)33(49)26-14-24(38)8-9-29(26)51-34-43-32(31(37)44-45-34)47-19-35(20-47)15-25(16-35)50-30-10-12-42-28-11-13-46(18-27(28)30)17-23-6-4-3-5-7-23/h3-10,12,14,22,25H,11,13,15-21H2,1-2H3. The molecule has 0 bridgehead atoms. The summed E-state index contributed by atoms with van der Waals surface area (Å²) < 4.78 is 66.2. The second kappa shape index (κ2) is 13.9. The molecule has 2 fully saturated rings. The number of alkyl halides is 3. The van der Waals surface area contributed by atoms with Gasteiger partial charge in [-0.25, -0.2) is 4.39 Å². The number of halogens is 5. The summed E-state index contributed by atoms with van der Waals surface area (Å²) in [5.74, 6) is -0.895. The van der Waals surface area contributed by atoms with Crippen LogP contribution in [0.1, 0.15) is 53.9 Å². The Kier molecular flexibility index (Phi) is 9.48. The summed E-state index contributed by atoms with van der Waals surface area (Å²) in [6, 6.07) is 14.2. The van der Waals surface area contributed by atoms with E-state index in [9.17, 15) is 22.4 Å². The number of hydrogen-bond acceptors (Lipinski definition) is 9. The molecule has 1 spiro atoms. The molecule has 0 atom stereocenters. The fourth-order valence-corrected chi connectivity index (χ4v) is 7.32. The SMILES string of the molecule is CC(C)N(CC(F)(F)F)C(=O)c1cc(F)ccc1Oc1nnc(Cl)c(N2CC3(CC(Oc4ccnc5c4CN(Cc4ccccc4)CC5)C3)C2)n1. The molecule has 2 aromatic carbocycles. The summed E-state index contributed by atoms with van der Waals surface area (Å²) >= 11 is 6.38. The summed E-state index contributed by atoms with van der Waals surface area (Å²) in [5, 5.41) is 7.85. The first kappa shape index (κ1) is 34.9. The Labute approximate surface area is 297 Å². The molecule has 268 valence electrons. The summed E-state index contributed by atoms with van der Waals surface area (Å²) in [7, 11) is 0. The minimum atomic E-state index is -4.66. The molecule has 2 aromatic heterocycles. The van der Waals surface area contributed by atoms with Crippen molar-refractivity contribution in [2.45, 2.75) is 64.5 Å². The monoisotopic (exact) mass is 725 g/mol. The van der Waals surface area contributed by atoms with Crippen molar-refractivity contribution in [2.75, 3.05) is 31.1 Å². The Morgan fingerprint density at radius 3 is 2.57 bits per heavy atom. The van der Waals surface area contributed by atoms with E-state index in [1.807, 2.05) is 23.2 Å². The molecule has 1 saturated heterocycles. The molecule has 1 saturated carbocycles. The number of fused-ring (bicyclic) bond motifs is 1. The van der Waals surface area contributed by atoms with Gasteiger partial charge in [0.1, 0.15) is 30.0 Å². The number of nitrogens with zero attached hydrogens (tertiary/aromatic N) is 7. The maximum Gasteiger partial charge on any atom is 0.406 e. The average molecular weight is 726 g/mol. The van der Waals surface area contributed by atoms with E-state index in [0.717, 1.165) is 74.1 Å². The van der Waals surface area contributed by atoms with Crippen LogP contribution in [0.25, 0.3) is 0 Å². The number of hydrogen-bond donors (Lipinski definition) is 0. The van der Waals surface area contributed by atoms with Gasteiger partial charge < -0.3 is 19.3 Å². The molecule has 1 aliphatic carbocycles. The Morgan fingerprint density at radius 1 is 1.08 bits per heavy atom. The molecular weight excluding hydrogens is 690 g/mol. The highest BCUT2D eigenvalue weighted by atomic mass is 35.5. The summed E-state index contributed by atoms with van der Waals surface area (Å²) in [4.78, 5) is 27.2. The largest absolute Gasteiger partial charge is 0.490 e. The van der Waals surface area contributed by atoms with Crippen molar-refractivity contribution < 1.29 is 31.8 Å². The third-order valence-electron chi connectivity index (χ3n) is 9.58. The van der Waals surface area contributed by atoms with Gasteiger partial charge in [-0.3, -0.25) is 14.7 Å². The Hall–Kier alpha value is -4.56. The number of ether oxygens (including phenoxy) is 2. The number of carbonyl (C=O) groups is 1. The lowest BCUT2D eigenvalue weighted by molar-refractivity contribution is -0.143. The van der Waals surface area contributed by atoms with Crippen LogP contribution in [0.3, 0.4) is 0 Å². The van der Waals surface area contributed by atoms with Crippen molar-refractivity contribution in [1.82, 2.24) is 30.0 Å². The number of pyridine rings is 1. The fourth-order valence-electron chi connectivity index (χ4n) is 7.12. The van der Waals surface area contributed by atoms with Crippen LogP contribution >= 0.6 is 11.6 Å². The van der Waals surface area contributed by atoms with Gasteiger partial charge in [0.05, 0.1) is 5.56 Å². The summed E-state index contributed by atoms with van der Waals surface area (Å²) in [5.41, 5.74) is 3.11. The quantitative estimate of drug-likeness (QED) is 0.162. The van der Waals surface area contributed by atoms with E-state index >= 15 is 0 Å². The van der Waals surface area contributed by atoms with Gasteiger partial charge in [0.25, 0.3) is 5.91 Å². The molecule has 0 radical (unpaired) electrons. The zero-order valence-electron chi connectivity index (χ0n) is 28.0. The first-order chi connectivity index (χ1) is 24.3. The van der Waals surface area contributed by atoms with Crippen molar-refractivity contribution >= 4 is 23.3 Å². The second-order valence-electron chi connectivity index (χ2n) is 13.8. The van der Waals surface area contributed by atoms with E-state index in [0.29, 0.717) is 23.8 Å². The molecule has 4 heterocycles. The molecule has 0 unspecified atom stereocenters. The molecule has 51 heavy (non-hydrogen) atoms. The third kappa shape index (κ3) is 7.71. The van der Waals surface area contributed by atoms with Crippen molar-refractivity contribution in [3.05, 3.63) is 94.1 Å². The van der Waals surface area contributed by atoms with E-state index in [1.165, 1.54) is 19.4 Å². The molecular formula is C36H36ClF4N7O3. The van der Waals surface area contributed by atoms with Gasteiger partial charge in [-0.15, -0.1) is 5.10 Å². The van der Waals surface area contributed by atoms with Gasteiger partial charge in [0.2, 0.25) is 0 Å². The van der Waals surface area contributed by atoms with Gasteiger partial charge in [0.15, 0.2) is 11.0 Å². The maximum absolute atomic E-state index is 14.2. The van der Waals surface area contributed by atoms with Crippen molar-refractivity contribution in [3.8, 4) is 17.5 Å². The Bertz CT molecular complexity index is 1900. The van der Waals surface area contributed by atoms with Crippen molar-refractivity contribution in [1.29, 1.82) is 0 Å². The summed E-state index contributed by atoms with van der Waals surface area (Å²) in [6.07, 6.45) is -0.221. The van der Waals surface area contributed by atoms with Gasteiger partial charge >= 0.3 is 12.2 Å². The zero-order chi connectivity index (χ0) is 35.9. The molecule has 1 amide bonds. The van der Waals surface area contributed by atoms with Gasteiger partial charge in [-0.05, 0) is 56.5 Å². The van der Waals surface area contributed by atoms with E-state index in [4.69, 9.17) is 21.1 Å². The predicted octanol–water partition coefficient (Wildman–Crippen LogP) is 6.87. The number of amides is 1. The molecule has 4 aromatic rings. The number of benzene rings is 2. The molecule has 0 N–H and O–H groups in total. The second-order valence-corrected chi connectivity index (χ2v) is 14.1. The number of carbonyl (C=O) groups excluding carboxylic acids is 1. The van der Waals surface area contributed by atoms with Gasteiger partial charge in [0, 0.05) is 68.1 Å². The van der Waals surface area contributed by atoms with Crippen LogP contribution in [0.5, 0.6) is 17.5 Å². The van der Waals surface area contributed by atoms with Crippen LogP contribution in [0.4, 0.5) is 23.4 Å². The Balaban J connectivity index is 0.984. The average Bonchev–Trinajstić information content (AvgIpc) is 3.06. The summed E-state index contributed by atoms with van der Waals surface area (Å²) in [6.45, 7) is 5.23. The smallest absolute Gasteiger partial charge is 0.406 e. The van der Waals surface area contributed by atoms with Crippen molar-refractivity contribution in [2.24, 2.45) is 5.41 Å². The van der Waals surface area contributed by atoms with E-state index < -0.39 is 36.1 Å². The molecule has 15 heteroatoms. The van der Waals surface area contributed by atoms with E-state index in [1.54, 1.807) is 0 Å². The lowest BCUT2D eigenvalue weighted by atomic mass is 9.61. The van der Waals surface area contributed by atoms with Crippen LogP contribution < -0.4 is 14.4 Å². The number of rotatable bonds is 10. The lowest BCUT2D eigenvalue weighted by Gasteiger charge is -2.58. The Morgan fingerprint density at radius 2 is 1.84 bits per heavy atom. The normalized spacial score (nSPS) is 17.1. The first-order valence-electron chi connectivity index (χ1n) is 16.7. The first-order valence-corrected chi connectivity index (χ1v) is 17.1. The van der Waals surface area contributed by atoms with E-state index in [2.05, 4.69) is 49.3 Å². The minimum absolute atomic E-state index is 0.0156. The lowest BCUT2D eigenvalue weighted by Crippen LogP contribution is -2.65. The van der Waals surface area contributed by atoms with Gasteiger partial charge in [-0.2, -0.15) is 18.2 Å². The highest BCUT2D eigenvalue weighted by molar-refractivity contribution is 6.31. The minimum Gasteiger partial charge on any atom is -0.490 e. The molecule has 10 nitrogen and oxygen atoms in total. The molecule has 7 rings (SSSR count). The van der Waals surface area contributed by atoms with Crippen molar-refractivity contribution in [3.63, 3.8) is 0 Å². The van der Waals surface area contributed by atoms with Crippen LogP contribution in [0, 0.1) is 11.2 Å². The fraction of sp³-hybridized carbons (Fsp3) is 0.417. The number of anilines is 1. The molecule has 2 aliphatic heterocycles. The highest BCUT2D eigenvalue weighted by Crippen LogP contribution is 2.51. The predicted molar refractivity (Wildman–Crippen MR) is 180 cm³/mol. The number of aromatic nitrogens is 4. The third-order valence-corrected chi connectivity index (χ3v) is 9.83. The maximum atomic E-state index is 14.2.